The molecule has 0 aromatic rings. The molecule has 1 fully saturated rings. The molecule has 3 N–H and O–H groups in total. The van der Waals surface area contributed by atoms with Gasteiger partial charge < -0.3 is 16.0 Å². The van der Waals surface area contributed by atoms with Crippen molar-refractivity contribution in [3.05, 3.63) is 0 Å². The van der Waals surface area contributed by atoms with Gasteiger partial charge in [0.2, 0.25) is 0 Å². The molecule has 19 heavy (non-hydrogen) atoms. The van der Waals surface area contributed by atoms with Crippen molar-refractivity contribution in [2.45, 2.75) is 52.4 Å². The Labute approximate surface area is 118 Å². The zero-order chi connectivity index (χ0) is 13.9. The molecule has 4 heteroatoms. The van der Waals surface area contributed by atoms with E-state index in [-0.39, 0.29) is 0 Å². The third kappa shape index (κ3) is 8.87. The third-order valence-corrected chi connectivity index (χ3v) is 3.64. The van der Waals surface area contributed by atoms with Crippen LogP contribution in [0.4, 0.5) is 0 Å². The van der Waals surface area contributed by atoms with Crippen molar-refractivity contribution in [3.63, 3.8) is 0 Å². The fourth-order valence-corrected chi connectivity index (χ4v) is 2.37. The molecule has 0 radical (unpaired) electrons. The summed E-state index contributed by atoms with van der Waals surface area (Å²) in [5.74, 6) is 1.33. The molecule has 4 nitrogen and oxygen atoms in total. The van der Waals surface area contributed by atoms with Gasteiger partial charge >= 0.3 is 0 Å². The topological polar surface area (TPSA) is 53.6 Å². The maximum Gasteiger partial charge on any atom is 0.188 e. The van der Waals surface area contributed by atoms with Crippen LogP contribution in [0.5, 0.6) is 0 Å². The summed E-state index contributed by atoms with van der Waals surface area (Å²) in [6, 6.07) is 0. The number of nitrogens with one attached hydrogen (secondary N) is 1. The average Bonchev–Trinajstić information content (AvgIpc) is 2.86. The Morgan fingerprint density at radius 3 is 2.63 bits per heavy atom. The smallest absolute Gasteiger partial charge is 0.188 e. The number of aliphatic imine (C=N–C) groups is 1. The molecule has 0 saturated carbocycles. The lowest BCUT2D eigenvalue weighted by Crippen LogP contribution is -2.33. The second kappa shape index (κ2) is 10.1. The average molecular weight is 268 g/mol. The molecule has 112 valence electrons. The second-order valence-corrected chi connectivity index (χ2v) is 5.99. The van der Waals surface area contributed by atoms with Gasteiger partial charge in [0.15, 0.2) is 5.96 Å². The van der Waals surface area contributed by atoms with E-state index >= 15 is 0 Å². The first-order valence-corrected chi connectivity index (χ1v) is 7.94. The summed E-state index contributed by atoms with van der Waals surface area (Å²) in [5, 5.41) is 3.17. The van der Waals surface area contributed by atoms with Gasteiger partial charge in [-0.3, -0.25) is 4.99 Å². The van der Waals surface area contributed by atoms with Crippen molar-refractivity contribution in [2.75, 3.05) is 32.7 Å². The number of likely N-dealkylation sites (tertiary alicyclic amines) is 1. The van der Waals surface area contributed by atoms with Crippen LogP contribution >= 0.6 is 0 Å². The highest BCUT2D eigenvalue weighted by atomic mass is 15.1. The van der Waals surface area contributed by atoms with Crippen molar-refractivity contribution in [1.29, 1.82) is 0 Å². The largest absolute Gasteiger partial charge is 0.370 e. The zero-order valence-electron chi connectivity index (χ0n) is 12.8. The fraction of sp³-hybridized carbons (Fsp3) is 0.933. The first-order chi connectivity index (χ1) is 9.18. The minimum absolute atomic E-state index is 0.611. The molecule has 0 aromatic carbocycles. The lowest BCUT2D eigenvalue weighted by Gasteiger charge is -2.13. The SMILES string of the molecule is CC(C)CCNC(N)=NCCCCCN1CCCC1. The first kappa shape index (κ1) is 16.3. The summed E-state index contributed by atoms with van der Waals surface area (Å²) in [7, 11) is 0. The molecule has 1 aliphatic rings. The number of nitrogens with zero attached hydrogens (tertiary/aromatic N) is 2. The molecule has 0 aliphatic carbocycles. The molecular weight excluding hydrogens is 236 g/mol. The molecular formula is C15H32N4. The molecule has 0 atom stereocenters. The van der Waals surface area contributed by atoms with Crippen LogP contribution in [-0.2, 0) is 0 Å². The predicted octanol–water partition coefficient (Wildman–Crippen LogP) is 2.20. The monoisotopic (exact) mass is 268 g/mol. The van der Waals surface area contributed by atoms with Crippen molar-refractivity contribution in [3.8, 4) is 0 Å². The standard InChI is InChI=1S/C15H32N4/c1-14(2)8-10-18-15(16)17-9-4-3-5-11-19-12-6-7-13-19/h14H,3-13H2,1-2H3,(H3,16,17,18). The molecule has 0 bridgehead atoms. The highest BCUT2D eigenvalue weighted by Crippen LogP contribution is 2.08. The highest BCUT2D eigenvalue weighted by Gasteiger charge is 2.09. The quantitative estimate of drug-likeness (QED) is 0.383. The summed E-state index contributed by atoms with van der Waals surface area (Å²) in [5.41, 5.74) is 5.80. The molecule has 1 aliphatic heterocycles. The number of hydrogen-bond acceptors (Lipinski definition) is 2. The molecule has 0 amide bonds. The van der Waals surface area contributed by atoms with E-state index in [2.05, 4.69) is 29.1 Å². The Hall–Kier alpha value is -0.770. The van der Waals surface area contributed by atoms with Crippen LogP contribution in [0.3, 0.4) is 0 Å². The van der Waals surface area contributed by atoms with Gasteiger partial charge in [-0.1, -0.05) is 20.3 Å². The Morgan fingerprint density at radius 1 is 1.21 bits per heavy atom. The lowest BCUT2D eigenvalue weighted by molar-refractivity contribution is 0.329. The van der Waals surface area contributed by atoms with Gasteiger partial charge in [0.05, 0.1) is 0 Å². The molecule has 0 aromatic heterocycles. The Morgan fingerprint density at radius 2 is 1.95 bits per heavy atom. The van der Waals surface area contributed by atoms with Gasteiger partial charge in [0, 0.05) is 13.1 Å². The van der Waals surface area contributed by atoms with E-state index < -0.39 is 0 Å². The second-order valence-electron chi connectivity index (χ2n) is 5.99. The molecule has 1 saturated heterocycles. The number of nitrogens with two attached hydrogens (primary N) is 1. The number of rotatable bonds is 9. The summed E-state index contributed by atoms with van der Waals surface area (Å²) in [4.78, 5) is 6.93. The Kier molecular flexibility index (Phi) is 8.63. The van der Waals surface area contributed by atoms with Crippen LogP contribution in [0.15, 0.2) is 4.99 Å². The molecule has 0 spiro atoms. The van der Waals surface area contributed by atoms with Gasteiger partial charge in [-0.2, -0.15) is 0 Å². The van der Waals surface area contributed by atoms with Crippen molar-refractivity contribution >= 4 is 5.96 Å². The lowest BCUT2D eigenvalue weighted by atomic mass is 10.1. The molecule has 1 heterocycles. The van der Waals surface area contributed by atoms with Crippen LogP contribution in [0, 0.1) is 5.92 Å². The van der Waals surface area contributed by atoms with Crippen LogP contribution in [0.25, 0.3) is 0 Å². The van der Waals surface area contributed by atoms with Crippen molar-refractivity contribution < 1.29 is 0 Å². The third-order valence-electron chi connectivity index (χ3n) is 3.64. The zero-order valence-corrected chi connectivity index (χ0v) is 12.8. The molecule has 1 rings (SSSR count). The van der Waals surface area contributed by atoms with E-state index in [1.165, 1.54) is 45.3 Å². The minimum atomic E-state index is 0.611. The van der Waals surface area contributed by atoms with Crippen LogP contribution in [0.2, 0.25) is 0 Å². The van der Waals surface area contributed by atoms with Crippen LogP contribution in [-0.4, -0.2) is 43.6 Å². The van der Waals surface area contributed by atoms with E-state index in [4.69, 9.17) is 5.73 Å². The summed E-state index contributed by atoms with van der Waals surface area (Å²) in [6.45, 7) is 10.1. The maximum atomic E-state index is 5.80. The Bertz CT molecular complexity index is 245. The first-order valence-electron chi connectivity index (χ1n) is 7.94. The van der Waals surface area contributed by atoms with Crippen molar-refractivity contribution in [2.24, 2.45) is 16.6 Å². The maximum absolute atomic E-state index is 5.80. The minimum Gasteiger partial charge on any atom is -0.370 e. The van der Waals surface area contributed by atoms with Gasteiger partial charge in [-0.25, -0.2) is 0 Å². The molecule has 0 unspecified atom stereocenters. The van der Waals surface area contributed by atoms with E-state index in [9.17, 15) is 0 Å². The van der Waals surface area contributed by atoms with Crippen LogP contribution < -0.4 is 11.1 Å². The summed E-state index contributed by atoms with van der Waals surface area (Å²) in [6.07, 6.45) is 7.65. The normalized spacial score (nSPS) is 17.3. The van der Waals surface area contributed by atoms with Crippen molar-refractivity contribution in [1.82, 2.24) is 10.2 Å². The van der Waals surface area contributed by atoms with Gasteiger partial charge in [-0.05, 0) is 57.7 Å². The number of unbranched alkanes of at least 4 members (excludes halogenated alkanes) is 2. The fourth-order valence-electron chi connectivity index (χ4n) is 2.37. The van der Waals surface area contributed by atoms with Crippen LogP contribution in [0.1, 0.15) is 52.4 Å². The van der Waals surface area contributed by atoms with E-state index in [1.807, 2.05) is 0 Å². The highest BCUT2D eigenvalue weighted by molar-refractivity contribution is 5.77. The number of hydrogen-bond donors (Lipinski definition) is 2. The van der Waals surface area contributed by atoms with E-state index in [0.717, 1.165) is 25.9 Å². The van der Waals surface area contributed by atoms with Gasteiger partial charge in [-0.15, -0.1) is 0 Å². The number of guanidine groups is 1. The Balaban J connectivity index is 1.90. The van der Waals surface area contributed by atoms with Gasteiger partial charge in [0.25, 0.3) is 0 Å². The van der Waals surface area contributed by atoms with E-state index in [1.54, 1.807) is 0 Å². The van der Waals surface area contributed by atoms with Gasteiger partial charge in [0.1, 0.15) is 0 Å². The predicted molar refractivity (Wildman–Crippen MR) is 83.5 cm³/mol. The summed E-state index contributed by atoms with van der Waals surface area (Å²) < 4.78 is 0. The van der Waals surface area contributed by atoms with E-state index in [0.29, 0.717) is 11.9 Å². The summed E-state index contributed by atoms with van der Waals surface area (Å²) >= 11 is 0.